The molecule has 3 N–H and O–H groups in total. The van der Waals surface area contributed by atoms with Gasteiger partial charge in [-0.3, -0.25) is 0 Å². The lowest BCUT2D eigenvalue weighted by Gasteiger charge is -2.30. The molecule has 5 rings (SSSR count). The molecule has 4 nitrogen and oxygen atoms in total. The van der Waals surface area contributed by atoms with Gasteiger partial charge in [0.2, 0.25) is 0 Å². The van der Waals surface area contributed by atoms with Gasteiger partial charge in [0.1, 0.15) is 11.5 Å². The first-order valence-electron chi connectivity index (χ1n) is 10.7. The summed E-state index contributed by atoms with van der Waals surface area (Å²) in [6.07, 6.45) is 10.5. The van der Waals surface area contributed by atoms with E-state index < -0.39 is 0 Å². The smallest absolute Gasteiger partial charge is 0.161 e. The number of ether oxygens (including phenoxy) is 1. The molecule has 4 heteroatoms. The Hall–Kier alpha value is -4.80. The lowest BCUT2D eigenvalue weighted by atomic mass is 10.1. The van der Waals surface area contributed by atoms with E-state index in [2.05, 4.69) is 28.9 Å². The van der Waals surface area contributed by atoms with Crippen molar-refractivity contribution in [2.45, 2.75) is 6.54 Å². The molecule has 0 fully saturated rings. The third-order valence-corrected chi connectivity index (χ3v) is 4.90. The normalized spacial score (nSPS) is 11.1. The van der Waals surface area contributed by atoms with Gasteiger partial charge in [0.25, 0.3) is 0 Å². The lowest BCUT2D eigenvalue weighted by molar-refractivity contribution is 0.289. The van der Waals surface area contributed by atoms with Crippen LogP contribution in [0.5, 0.6) is 11.5 Å². The number of benzene rings is 4. The molecule has 0 radical (unpaired) electrons. The number of nitrogen functional groups attached to an aromatic ring is 1. The van der Waals surface area contributed by atoms with Crippen LogP contribution in [-0.2, 0) is 6.54 Å². The zero-order valence-electron chi connectivity index (χ0n) is 18.8. The van der Waals surface area contributed by atoms with Gasteiger partial charge < -0.3 is 20.5 Å². The van der Waals surface area contributed by atoms with Crippen molar-refractivity contribution < 1.29 is 9.84 Å². The monoisotopic (exact) mass is 446 g/mol. The van der Waals surface area contributed by atoms with Crippen LogP contribution in [0, 0.1) is 24.7 Å². The van der Waals surface area contributed by atoms with Crippen LogP contribution in [0.25, 0.3) is 0 Å². The third-order valence-electron chi connectivity index (χ3n) is 4.90. The van der Waals surface area contributed by atoms with E-state index in [4.69, 9.17) is 28.4 Å². The first-order chi connectivity index (χ1) is 16.6. The fraction of sp³-hybridized carbons (Fsp3) is 0.0667. The predicted molar refractivity (Wildman–Crippen MR) is 139 cm³/mol. The van der Waals surface area contributed by atoms with Gasteiger partial charge >= 0.3 is 0 Å². The zero-order valence-corrected chi connectivity index (χ0v) is 18.8. The van der Waals surface area contributed by atoms with Gasteiger partial charge in [0.05, 0.1) is 0 Å². The van der Waals surface area contributed by atoms with E-state index in [0.717, 1.165) is 29.1 Å². The SMILES string of the molecule is C#Cc1cccc(N)c1.C#Cc1cccc(N2COc3ccccc3C2)c1.Oc1ccccc1. The maximum absolute atomic E-state index is 8.63. The molecule has 0 unspecified atom stereocenters. The molecule has 0 aliphatic carbocycles. The standard InChI is InChI=1S/C16H13NO.C8H7N.C6H6O/c1-2-13-6-5-8-15(10-13)17-11-14-7-3-4-9-16(14)18-12-17;1-2-7-4-3-5-8(9)6-7;7-6-4-2-1-3-5-6/h1,3-10H,11-12H2;1,3-6H,9H2;1-5,7H. The Bertz CT molecular complexity index is 1290. The number of hydrogen-bond acceptors (Lipinski definition) is 4. The van der Waals surface area contributed by atoms with Gasteiger partial charge in [-0.25, -0.2) is 0 Å². The fourth-order valence-electron chi connectivity index (χ4n) is 3.19. The number of terminal acetylenes is 2. The average molecular weight is 447 g/mol. The number of nitrogens with zero attached hydrogens (tertiary/aromatic N) is 1. The van der Waals surface area contributed by atoms with Crippen LogP contribution in [-0.4, -0.2) is 11.8 Å². The largest absolute Gasteiger partial charge is 0.508 e. The Balaban J connectivity index is 0.000000168. The minimum absolute atomic E-state index is 0.322. The molecule has 1 aliphatic heterocycles. The summed E-state index contributed by atoms with van der Waals surface area (Å²) in [4.78, 5) is 2.17. The summed E-state index contributed by atoms with van der Waals surface area (Å²) in [5.74, 6) is 6.44. The van der Waals surface area contributed by atoms with Crippen LogP contribution in [0.15, 0.2) is 103 Å². The summed E-state index contributed by atoms with van der Waals surface area (Å²) >= 11 is 0. The minimum atomic E-state index is 0.322. The van der Waals surface area contributed by atoms with E-state index in [0.29, 0.717) is 18.2 Å². The van der Waals surface area contributed by atoms with Crippen molar-refractivity contribution in [3.8, 4) is 36.2 Å². The van der Waals surface area contributed by atoms with E-state index in [9.17, 15) is 0 Å². The molecule has 168 valence electrons. The van der Waals surface area contributed by atoms with E-state index >= 15 is 0 Å². The van der Waals surface area contributed by atoms with Crippen molar-refractivity contribution in [1.29, 1.82) is 0 Å². The number of para-hydroxylation sites is 2. The minimum Gasteiger partial charge on any atom is -0.508 e. The summed E-state index contributed by atoms with van der Waals surface area (Å²) in [7, 11) is 0. The molecule has 0 spiro atoms. The molecule has 4 aromatic rings. The predicted octanol–water partition coefficient (Wildman–Crippen LogP) is 5.67. The van der Waals surface area contributed by atoms with Gasteiger partial charge in [-0.15, -0.1) is 12.8 Å². The van der Waals surface area contributed by atoms with E-state index in [1.165, 1.54) is 5.56 Å². The Morgan fingerprint density at radius 3 is 2.03 bits per heavy atom. The third kappa shape index (κ3) is 7.12. The Morgan fingerprint density at radius 1 is 0.765 bits per heavy atom. The van der Waals surface area contributed by atoms with Crippen LogP contribution < -0.4 is 15.4 Å². The quantitative estimate of drug-likeness (QED) is 0.292. The summed E-state index contributed by atoms with van der Waals surface area (Å²) in [5.41, 5.74) is 10.2. The maximum Gasteiger partial charge on any atom is 0.161 e. The molecule has 0 saturated carbocycles. The molecular formula is C30H26N2O2. The van der Waals surface area contributed by atoms with Crippen molar-refractivity contribution in [2.75, 3.05) is 17.4 Å². The molecule has 34 heavy (non-hydrogen) atoms. The first kappa shape index (κ1) is 23.9. The number of nitrogens with two attached hydrogens (primary N) is 1. The van der Waals surface area contributed by atoms with Gasteiger partial charge in [-0.05, 0) is 54.6 Å². The van der Waals surface area contributed by atoms with E-state index in [1.54, 1.807) is 36.4 Å². The first-order valence-corrected chi connectivity index (χ1v) is 10.7. The highest BCUT2D eigenvalue weighted by atomic mass is 16.5. The van der Waals surface area contributed by atoms with Crippen molar-refractivity contribution in [1.82, 2.24) is 0 Å². The van der Waals surface area contributed by atoms with E-state index in [-0.39, 0.29) is 0 Å². The van der Waals surface area contributed by atoms with Crippen molar-refractivity contribution in [3.63, 3.8) is 0 Å². The maximum atomic E-state index is 8.63. The zero-order chi connectivity index (χ0) is 24.2. The lowest BCUT2D eigenvalue weighted by Crippen LogP contribution is -2.31. The molecule has 0 amide bonds. The summed E-state index contributed by atoms with van der Waals surface area (Å²) < 4.78 is 5.74. The van der Waals surface area contributed by atoms with Gasteiger partial charge in [-0.2, -0.15) is 0 Å². The second kappa shape index (κ2) is 12.3. The number of hydrogen-bond donors (Lipinski definition) is 2. The van der Waals surface area contributed by atoms with Crippen LogP contribution in [0.3, 0.4) is 0 Å². The van der Waals surface area contributed by atoms with Crippen molar-refractivity contribution >= 4 is 11.4 Å². The number of aromatic hydroxyl groups is 1. The molecule has 1 aliphatic rings. The van der Waals surface area contributed by atoms with Gasteiger partial charge in [0.15, 0.2) is 6.73 Å². The Kier molecular flexibility index (Phi) is 8.62. The fourth-order valence-corrected chi connectivity index (χ4v) is 3.19. The van der Waals surface area contributed by atoms with E-state index in [1.807, 2.05) is 54.6 Å². The second-order valence-electron chi connectivity index (χ2n) is 7.38. The molecule has 0 bridgehead atoms. The van der Waals surface area contributed by atoms with Gasteiger partial charge in [0, 0.05) is 34.6 Å². The van der Waals surface area contributed by atoms with Crippen LogP contribution in [0.4, 0.5) is 11.4 Å². The molecular weight excluding hydrogens is 420 g/mol. The molecule has 0 atom stereocenters. The molecule has 1 heterocycles. The number of anilines is 2. The molecule has 0 aromatic heterocycles. The Labute approximate surface area is 201 Å². The summed E-state index contributed by atoms with van der Waals surface area (Å²) in [6.45, 7) is 1.41. The highest BCUT2D eigenvalue weighted by Crippen LogP contribution is 2.28. The Morgan fingerprint density at radius 2 is 1.41 bits per heavy atom. The summed E-state index contributed by atoms with van der Waals surface area (Å²) in [6, 6.07) is 32.1. The highest BCUT2D eigenvalue weighted by molar-refractivity contribution is 5.54. The van der Waals surface area contributed by atoms with Gasteiger partial charge in [-0.1, -0.05) is 60.4 Å². The van der Waals surface area contributed by atoms with Crippen LogP contribution in [0.2, 0.25) is 0 Å². The number of phenols is 1. The number of rotatable bonds is 1. The van der Waals surface area contributed by atoms with Crippen LogP contribution in [0.1, 0.15) is 16.7 Å². The van der Waals surface area contributed by atoms with Crippen LogP contribution >= 0.6 is 0 Å². The van der Waals surface area contributed by atoms with Crippen molar-refractivity contribution in [3.05, 3.63) is 120 Å². The topological polar surface area (TPSA) is 58.7 Å². The molecule has 0 saturated heterocycles. The average Bonchev–Trinajstić information content (AvgIpc) is 2.89. The number of phenolic OH excluding ortho intramolecular Hbond substituents is 1. The van der Waals surface area contributed by atoms with Crippen molar-refractivity contribution in [2.24, 2.45) is 0 Å². The number of fused-ring (bicyclic) bond motifs is 1. The second-order valence-corrected chi connectivity index (χ2v) is 7.38. The highest BCUT2D eigenvalue weighted by Gasteiger charge is 2.16. The summed E-state index contributed by atoms with van der Waals surface area (Å²) in [5, 5.41) is 8.63. The molecule has 4 aromatic carbocycles.